The highest BCUT2D eigenvalue weighted by Gasteiger charge is 2.44. The van der Waals surface area contributed by atoms with Gasteiger partial charge in [-0.15, -0.1) is 0 Å². The number of alkyl halides is 3. The minimum absolute atomic E-state index is 0.172. The Morgan fingerprint density at radius 1 is 1.09 bits per heavy atom. The Hall–Kier alpha value is -2.99. The van der Waals surface area contributed by atoms with Gasteiger partial charge in [0.1, 0.15) is 5.60 Å². The molecule has 0 aliphatic heterocycles. The van der Waals surface area contributed by atoms with Crippen molar-refractivity contribution in [2.24, 2.45) is 0 Å². The maximum absolute atomic E-state index is 13.9. The molecule has 0 aliphatic carbocycles. The van der Waals surface area contributed by atoms with Gasteiger partial charge in [-0.2, -0.15) is 13.2 Å². The molecule has 0 bridgehead atoms. The molecular formula is C21H23F3N4O4S. The van der Waals surface area contributed by atoms with Gasteiger partial charge in [-0.3, -0.25) is 9.71 Å². The van der Waals surface area contributed by atoms with E-state index in [-0.39, 0.29) is 34.5 Å². The zero-order chi connectivity index (χ0) is 24.4. The van der Waals surface area contributed by atoms with E-state index in [2.05, 4.69) is 19.7 Å². The van der Waals surface area contributed by atoms with Crippen LogP contribution in [0.15, 0.2) is 42.6 Å². The third kappa shape index (κ3) is 6.08. The van der Waals surface area contributed by atoms with Gasteiger partial charge in [0.2, 0.25) is 21.9 Å². The van der Waals surface area contributed by atoms with Crippen LogP contribution in [0, 0.1) is 0 Å². The summed E-state index contributed by atoms with van der Waals surface area (Å²) in [6.45, 7) is 4.55. The second-order valence-electron chi connectivity index (χ2n) is 7.86. The summed E-state index contributed by atoms with van der Waals surface area (Å²) in [6, 6.07) is 8.70. The number of halogens is 3. The van der Waals surface area contributed by atoms with Crippen LogP contribution >= 0.6 is 0 Å². The van der Waals surface area contributed by atoms with E-state index in [1.165, 1.54) is 26.0 Å². The number of ether oxygens (including phenoxy) is 1. The summed E-state index contributed by atoms with van der Waals surface area (Å²) in [7, 11) is -3.89. The van der Waals surface area contributed by atoms with Gasteiger partial charge in [0.15, 0.2) is 0 Å². The summed E-state index contributed by atoms with van der Waals surface area (Å²) in [5.41, 5.74) is -1.03. The van der Waals surface area contributed by atoms with Gasteiger partial charge in [-0.05, 0) is 38.5 Å². The van der Waals surface area contributed by atoms with E-state index in [0.29, 0.717) is 0 Å². The molecule has 3 rings (SSSR count). The fraction of sp³-hybridized carbons (Fsp3) is 0.381. The van der Waals surface area contributed by atoms with Gasteiger partial charge in [-0.25, -0.2) is 18.4 Å². The number of rotatable bonds is 8. The maximum atomic E-state index is 13.9. The lowest BCUT2D eigenvalue weighted by Crippen LogP contribution is -2.28. The van der Waals surface area contributed by atoms with Gasteiger partial charge < -0.3 is 9.84 Å². The minimum atomic E-state index is -4.88. The van der Waals surface area contributed by atoms with Crippen LogP contribution < -0.4 is 9.46 Å². The second kappa shape index (κ2) is 9.10. The van der Waals surface area contributed by atoms with E-state index in [9.17, 15) is 26.7 Å². The van der Waals surface area contributed by atoms with Gasteiger partial charge in [0.25, 0.3) is 5.88 Å². The van der Waals surface area contributed by atoms with Crippen molar-refractivity contribution in [3.8, 4) is 5.88 Å². The molecule has 12 heteroatoms. The molecule has 1 aromatic carbocycles. The number of aliphatic hydroxyl groups is 1. The van der Waals surface area contributed by atoms with Crippen molar-refractivity contribution in [2.45, 2.75) is 45.1 Å². The lowest BCUT2D eigenvalue weighted by molar-refractivity contribution is -0.198. The quantitative estimate of drug-likeness (QED) is 0.495. The average molecular weight is 485 g/mol. The lowest BCUT2D eigenvalue weighted by atomic mass is 10.0. The monoisotopic (exact) mass is 484 g/mol. The van der Waals surface area contributed by atoms with Gasteiger partial charge in [-0.1, -0.05) is 25.1 Å². The van der Waals surface area contributed by atoms with E-state index in [1.54, 1.807) is 25.1 Å². The first kappa shape index (κ1) is 24.6. The molecule has 2 heterocycles. The number of fused-ring (bicyclic) bond motifs is 1. The lowest BCUT2D eigenvalue weighted by Gasteiger charge is -2.23. The van der Waals surface area contributed by atoms with E-state index in [4.69, 9.17) is 4.74 Å². The van der Waals surface area contributed by atoms with Crippen LogP contribution in [0.4, 0.5) is 19.0 Å². The largest absolute Gasteiger partial charge is 0.457 e. The Bertz CT molecular complexity index is 1230. The number of hydrogen-bond donors (Lipinski definition) is 2. The van der Waals surface area contributed by atoms with Crippen molar-refractivity contribution in [2.75, 3.05) is 10.5 Å². The summed E-state index contributed by atoms with van der Waals surface area (Å²) >= 11 is 0. The molecule has 0 saturated heterocycles. The molecule has 33 heavy (non-hydrogen) atoms. The molecule has 1 unspecified atom stereocenters. The molecule has 178 valence electrons. The van der Waals surface area contributed by atoms with Crippen LogP contribution in [0.3, 0.4) is 0 Å². The number of sulfonamides is 1. The number of nitrogens with zero attached hydrogens (tertiary/aromatic N) is 3. The Balaban J connectivity index is 2.07. The first-order chi connectivity index (χ1) is 15.3. The van der Waals surface area contributed by atoms with E-state index < -0.39 is 39.6 Å². The van der Waals surface area contributed by atoms with Crippen molar-refractivity contribution in [3.63, 3.8) is 0 Å². The summed E-state index contributed by atoms with van der Waals surface area (Å²) in [6.07, 6.45) is -6.16. The Labute approximate surface area is 188 Å². The molecule has 3 aromatic rings. The van der Waals surface area contributed by atoms with Gasteiger partial charge in [0, 0.05) is 11.8 Å². The van der Waals surface area contributed by atoms with Gasteiger partial charge >= 0.3 is 6.18 Å². The predicted molar refractivity (Wildman–Crippen MR) is 116 cm³/mol. The third-order valence-corrected chi connectivity index (χ3v) is 5.96. The molecule has 0 amide bonds. The maximum Gasteiger partial charge on any atom is 0.429 e. The molecule has 8 nitrogen and oxygen atoms in total. The third-order valence-electron chi connectivity index (χ3n) is 4.51. The number of benzene rings is 1. The Kier molecular flexibility index (Phi) is 6.80. The predicted octanol–water partition coefficient (Wildman–Crippen LogP) is 4.09. The first-order valence-corrected chi connectivity index (χ1v) is 11.6. The highest BCUT2D eigenvalue weighted by atomic mass is 32.2. The highest BCUT2D eigenvalue weighted by molar-refractivity contribution is 7.92. The van der Waals surface area contributed by atoms with Crippen LogP contribution in [0.5, 0.6) is 5.88 Å². The molecule has 0 radical (unpaired) electrons. The van der Waals surface area contributed by atoms with Crippen LogP contribution in [-0.2, 0) is 15.6 Å². The van der Waals surface area contributed by atoms with Crippen molar-refractivity contribution in [1.82, 2.24) is 15.0 Å². The molecule has 0 spiro atoms. The Morgan fingerprint density at radius 2 is 1.73 bits per heavy atom. The Morgan fingerprint density at radius 3 is 2.24 bits per heavy atom. The summed E-state index contributed by atoms with van der Waals surface area (Å²) in [4.78, 5) is 12.1. The van der Waals surface area contributed by atoms with E-state index >= 15 is 0 Å². The standard InChI is InChI=1S/C21H23F3N4O4S/c1-4-11-33(30,31)28-18-19(27-15-8-6-5-7-14(15)26-18)32-17(21(22,23)24)13-9-10-16(25-12-13)20(2,3)29/h5-10,12,17,29H,4,11H2,1-3H3,(H,26,28). The smallest absolute Gasteiger partial charge is 0.429 e. The van der Waals surface area contributed by atoms with Crippen molar-refractivity contribution in [1.29, 1.82) is 0 Å². The molecule has 2 N–H and O–H groups in total. The second-order valence-corrected chi connectivity index (χ2v) is 9.70. The molecule has 2 aromatic heterocycles. The number of nitrogens with one attached hydrogen (secondary N) is 1. The minimum Gasteiger partial charge on any atom is -0.457 e. The number of pyridine rings is 1. The van der Waals surface area contributed by atoms with E-state index in [0.717, 1.165) is 12.3 Å². The zero-order valence-electron chi connectivity index (χ0n) is 18.1. The SMILES string of the molecule is CCCS(=O)(=O)Nc1nc2ccccc2nc1OC(c1ccc(C(C)(C)O)nc1)C(F)(F)F. The number of para-hydroxylation sites is 2. The summed E-state index contributed by atoms with van der Waals surface area (Å²) < 4.78 is 73.8. The highest BCUT2D eigenvalue weighted by Crippen LogP contribution is 2.38. The number of anilines is 1. The molecule has 0 aliphatic rings. The normalized spacial score (nSPS) is 13.7. The van der Waals surface area contributed by atoms with Crippen molar-refractivity contribution in [3.05, 3.63) is 53.9 Å². The van der Waals surface area contributed by atoms with E-state index in [1.807, 2.05) is 0 Å². The molecular weight excluding hydrogens is 461 g/mol. The average Bonchev–Trinajstić information content (AvgIpc) is 2.70. The van der Waals surface area contributed by atoms with Crippen molar-refractivity contribution >= 4 is 26.9 Å². The molecule has 1 atom stereocenters. The number of hydrogen-bond acceptors (Lipinski definition) is 7. The van der Waals surface area contributed by atoms with Crippen LogP contribution in [-0.4, -0.2) is 40.4 Å². The number of aromatic nitrogens is 3. The zero-order valence-corrected chi connectivity index (χ0v) is 18.9. The summed E-state index contributed by atoms with van der Waals surface area (Å²) in [5.74, 6) is -1.33. The van der Waals surface area contributed by atoms with Crippen molar-refractivity contribution < 1.29 is 31.4 Å². The van der Waals surface area contributed by atoms with Crippen LogP contribution in [0.1, 0.15) is 44.6 Å². The molecule has 0 saturated carbocycles. The fourth-order valence-corrected chi connectivity index (χ4v) is 4.02. The summed E-state index contributed by atoms with van der Waals surface area (Å²) in [5, 5.41) is 10.0. The fourth-order valence-electron chi connectivity index (χ4n) is 2.96. The first-order valence-electron chi connectivity index (χ1n) is 9.99. The topological polar surface area (TPSA) is 114 Å². The van der Waals surface area contributed by atoms with Crippen LogP contribution in [0.2, 0.25) is 0 Å². The van der Waals surface area contributed by atoms with Gasteiger partial charge in [0.05, 0.1) is 22.5 Å². The van der Waals surface area contributed by atoms with Crippen LogP contribution in [0.25, 0.3) is 11.0 Å². The molecule has 0 fully saturated rings.